The fraction of sp³-hybridized carbons (Fsp3) is 0.167. The Bertz CT molecular complexity index is 766. The van der Waals surface area contributed by atoms with Crippen LogP contribution < -0.4 is 14.8 Å². The van der Waals surface area contributed by atoms with Gasteiger partial charge in [0.1, 0.15) is 11.5 Å². The van der Waals surface area contributed by atoms with Crippen molar-refractivity contribution in [3.05, 3.63) is 66.5 Å². The summed E-state index contributed by atoms with van der Waals surface area (Å²) in [6.07, 6.45) is 3.78. The highest BCUT2D eigenvalue weighted by atomic mass is 16.5. The van der Waals surface area contributed by atoms with E-state index in [0.717, 1.165) is 22.9 Å². The van der Waals surface area contributed by atoms with Gasteiger partial charge in [0.25, 0.3) is 0 Å². The first kappa shape index (κ1) is 15.0. The molecule has 0 aliphatic rings. The number of methoxy groups -OCH3 is 2. The van der Waals surface area contributed by atoms with Crippen LogP contribution in [0, 0.1) is 0 Å². The topological polar surface area (TPSA) is 48.3 Å². The average molecular weight is 309 g/mol. The summed E-state index contributed by atoms with van der Waals surface area (Å²) in [6.45, 7) is 0.712. The molecule has 0 unspecified atom stereocenters. The first-order chi connectivity index (χ1) is 11.3. The SMILES string of the molecule is COc1ccc(Cn2cc(Nc3cccc(OC)c3)cn2)cc1. The summed E-state index contributed by atoms with van der Waals surface area (Å²) in [5, 5.41) is 7.70. The highest BCUT2D eigenvalue weighted by molar-refractivity contribution is 5.59. The Kier molecular flexibility index (Phi) is 4.47. The molecule has 0 fully saturated rings. The van der Waals surface area contributed by atoms with Crippen LogP contribution in [0.5, 0.6) is 11.5 Å². The van der Waals surface area contributed by atoms with Crippen molar-refractivity contribution in [2.75, 3.05) is 19.5 Å². The third-order valence-corrected chi connectivity index (χ3v) is 3.50. The monoisotopic (exact) mass is 309 g/mol. The zero-order valence-electron chi connectivity index (χ0n) is 13.2. The number of benzene rings is 2. The van der Waals surface area contributed by atoms with E-state index < -0.39 is 0 Å². The van der Waals surface area contributed by atoms with E-state index in [9.17, 15) is 0 Å². The molecule has 0 bridgehead atoms. The van der Waals surface area contributed by atoms with Crippen molar-refractivity contribution in [2.45, 2.75) is 6.54 Å². The van der Waals surface area contributed by atoms with E-state index in [4.69, 9.17) is 9.47 Å². The second-order valence-electron chi connectivity index (χ2n) is 5.13. The molecule has 0 atom stereocenters. The van der Waals surface area contributed by atoms with Gasteiger partial charge in [0.05, 0.1) is 32.6 Å². The Morgan fingerprint density at radius 1 is 0.957 bits per heavy atom. The van der Waals surface area contributed by atoms with Crippen molar-refractivity contribution in [1.29, 1.82) is 0 Å². The van der Waals surface area contributed by atoms with Gasteiger partial charge in [-0.05, 0) is 29.8 Å². The zero-order chi connectivity index (χ0) is 16.1. The van der Waals surface area contributed by atoms with E-state index in [1.54, 1.807) is 14.2 Å². The average Bonchev–Trinajstić information content (AvgIpc) is 3.02. The third-order valence-electron chi connectivity index (χ3n) is 3.50. The molecule has 5 nitrogen and oxygen atoms in total. The summed E-state index contributed by atoms with van der Waals surface area (Å²) in [5.41, 5.74) is 3.07. The number of nitrogens with zero attached hydrogens (tertiary/aromatic N) is 2. The Morgan fingerprint density at radius 3 is 2.48 bits per heavy atom. The molecule has 0 aliphatic carbocycles. The van der Waals surface area contributed by atoms with Gasteiger partial charge < -0.3 is 14.8 Å². The quantitative estimate of drug-likeness (QED) is 0.754. The molecule has 5 heteroatoms. The normalized spacial score (nSPS) is 10.3. The van der Waals surface area contributed by atoms with E-state index >= 15 is 0 Å². The number of rotatable bonds is 6. The molecule has 23 heavy (non-hydrogen) atoms. The van der Waals surface area contributed by atoms with Gasteiger partial charge in [-0.25, -0.2) is 0 Å². The summed E-state index contributed by atoms with van der Waals surface area (Å²) in [7, 11) is 3.32. The summed E-state index contributed by atoms with van der Waals surface area (Å²) in [5.74, 6) is 1.68. The van der Waals surface area contributed by atoms with E-state index in [-0.39, 0.29) is 0 Å². The number of hydrogen-bond donors (Lipinski definition) is 1. The zero-order valence-corrected chi connectivity index (χ0v) is 13.2. The van der Waals surface area contributed by atoms with E-state index in [0.29, 0.717) is 6.54 Å². The maximum Gasteiger partial charge on any atom is 0.120 e. The molecule has 0 saturated heterocycles. The lowest BCUT2D eigenvalue weighted by molar-refractivity contribution is 0.414. The second-order valence-corrected chi connectivity index (χ2v) is 5.13. The fourth-order valence-corrected chi connectivity index (χ4v) is 2.30. The lowest BCUT2D eigenvalue weighted by Crippen LogP contribution is -1.99. The van der Waals surface area contributed by atoms with Gasteiger partial charge in [0.15, 0.2) is 0 Å². The van der Waals surface area contributed by atoms with Crippen LogP contribution in [0.3, 0.4) is 0 Å². The van der Waals surface area contributed by atoms with Gasteiger partial charge >= 0.3 is 0 Å². The van der Waals surface area contributed by atoms with E-state index in [2.05, 4.69) is 10.4 Å². The predicted molar refractivity (Wildman–Crippen MR) is 90.6 cm³/mol. The standard InChI is InChI=1S/C18H19N3O2/c1-22-17-8-6-14(7-9-17)12-21-13-16(11-19-21)20-15-4-3-5-18(10-15)23-2/h3-11,13,20H,12H2,1-2H3. The molecule has 118 valence electrons. The number of nitrogens with one attached hydrogen (secondary N) is 1. The second kappa shape index (κ2) is 6.87. The minimum atomic E-state index is 0.712. The van der Waals surface area contributed by atoms with Crippen LogP contribution >= 0.6 is 0 Å². The van der Waals surface area contributed by atoms with Gasteiger partial charge in [-0.1, -0.05) is 18.2 Å². The summed E-state index contributed by atoms with van der Waals surface area (Å²) < 4.78 is 12.3. The molecule has 1 aromatic heterocycles. The first-order valence-corrected chi connectivity index (χ1v) is 7.33. The van der Waals surface area contributed by atoms with Crippen LogP contribution in [0.2, 0.25) is 0 Å². The number of hydrogen-bond acceptors (Lipinski definition) is 4. The number of aromatic nitrogens is 2. The smallest absolute Gasteiger partial charge is 0.120 e. The van der Waals surface area contributed by atoms with Crippen molar-refractivity contribution in [3.8, 4) is 11.5 Å². The maximum atomic E-state index is 5.22. The van der Waals surface area contributed by atoms with Crippen LogP contribution in [0.25, 0.3) is 0 Å². The third kappa shape index (κ3) is 3.83. The molecule has 3 rings (SSSR count). The maximum absolute atomic E-state index is 5.22. The Morgan fingerprint density at radius 2 is 1.74 bits per heavy atom. The van der Waals surface area contributed by atoms with Crippen molar-refractivity contribution in [2.24, 2.45) is 0 Å². The highest BCUT2D eigenvalue weighted by Gasteiger charge is 2.02. The first-order valence-electron chi connectivity index (χ1n) is 7.33. The molecule has 3 aromatic rings. The van der Waals surface area contributed by atoms with Crippen molar-refractivity contribution in [3.63, 3.8) is 0 Å². The molecular weight excluding hydrogens is 290 g/mol. The molecular formula is C18H19N3O2. The molecule has 0 radical (unpaired) electrons. The van der Waals surface area contributed by atoms with E-state index in [1.807, 2.05) is 65.6 Å². The van der Waals surface area contributed by atoms with Gasteiger partial charge in [-0.15, -0.1) is 0 Å². The molecule has 1 N–H and O–H groups in total. The van der Waals surface area contributed by atoms with Gasteiger partial charge in [0.2, 0.25) is 0 Å². The Balaban J connectivity index is 1.67. The molecule has 0 amide bonds. The number of anilines is 2. The number of ether oxygens (including phenoxy) is 2. The minimum Gasteiger partial charge on any atom is -0.497 e. The Hall–Kier alpha value is -2.95. The largest absolute Gasteiger partial charge is 0.497 e. The molecule has 2 aromatic carbocycles. The molecule has 0 spiro atoms. The lowest BCUT2D eigenvalue weighted by Gasteiger charge is -2.06. The van der Waals surface area contributed by atoms with Crippen molar-refractivity contribution < 1.29 is 9.47 Å². The fourth-order valence-electron chi connectivity index (χ4n) is 2.30. The summed E-state index contributed by atoms with van der Waals surface area (Å²) in [4.78, 5) is 0. The van der Waals surface area contributed by atoms with Gasteiger partial charge in [0, 0.05) is 18.0 Å². The molecule has 0 aliphatic heterocycles. The minimum absolute atomic E-state index is 0.712. The summed E-state index contributed by atoms with van der Waals surface area (Å²) in [6, 6.07) is 15.8. The van der Waals surface area contributed by atoms with Crippen molar-refractivity contribution >= 4 is 11.4 Å². The molecule has 1 heterocycles. The van der Waals surface area contributed by atoms with Gasteiger partial charge in [-0.2, -0.15) is 5.10 Å². The van der Waals surface area contributed by atoms with Crippen LogP contribution in [-0.4, -0.2) is 24.0 Å². The summed E-state index contributed by atoms with van der Waals surface area (Å²) >= 11 is 0. The van der Waals surface area contributed by atoms with E-state index in [1.165, 1.54) is 5.56 Å². The molecule has 0 saturated carbocycles. The van der Waals surface area contributed by atoms with Crippen LogP contribution in [-0.2, 0) is 6.54 Å². The van der Waals surface area contributed by atoms with Crippen molar-refractivity contribution in [1.82, 2.24) is 9.78 Å². The lowest BCUT2D eigenvalue weighted by atomic mass is 10.2. The Labute approximate surface area is 135 Å². The van der Waals surface area contributed by atoms with Crippen LogP contribution in [0.4, 0.5) is 11.4 Å². The van der Waals surface area contributed by atoms with Gasteiger partial charge in [-0.3, -0.25) is 4.68 Å². The highest BCUT2D eigenvalue weighted by Crippen LogP contribution is 2.21. The van der Waals surface area contributed by atoms with Crippen LogP contribution in [0.15, 0.2) is 60.9 Å². The predicted octanol–water partition coefficient (Wildman–Crippen LogP) is 3.69. The van der Waals surface area contributed by atoms with Crippen LogP contribution in [0.1, 0.15) is 5.56 Å².